The van der Waals surface area contributed by atoms with E-state index in [-0.39, 0.29) is 19.1 Å². The van der Waals surface area contributed by atoms with E-state index in [9.17, 15) is 19.4 Å². The van der Waals surface area contributed by atoms with Crippen LogP contribution in [0.3, 0.4) is 0 Å². The van der Waals surface area contributed by atoms with Crippen molar-refractivity contribution in [2.45, 2.75) is 373 Å². The van der Waals surface area contributed by atoms with E-state index >= 15 is 0 Å². The van der Waals surface area contributed by atoms with Crippen LogP contribution in [-0.2, 0) is 18.4 Å². The second kappa shape index (κ2) is 60.6. The molecule has 0 aromatic rings. The summed E-state index contributed by atoms with van der Waals surface area (Å²) in [5, 5.41) is 13.9. The molecule has 0 aliphatic heterocycles. The van der Waals surface area contributed by atoms with E-state index in [1.165, 1.54) is 302 Å². The third-order valence-electron chi connectivity index (χ3n) is 16.2. The van der Waals surface area contributed by atoms with Crippen LogP contribution >= 0.6 is 7.82 Å². The van der Waals surface area contributed by atoms with Crippen molar-refractivity contribution < 1.29 is 32.9 Å². The van der Waals surface area contributed by atoms with E-state index in [1.807, 2.05) is 27.2 Å². The average molecular weight is 1120 g/mol. The summed E-state index contributed by atoms with van der Waals surface area (Å²) < 4.78 is 23.4. The molecule has 9 heteroatoms. The van der Waals surface area contributed by atoms with Crippen LogP contribution in [0.1, 0.15) is 361 Å². The summed E-state index contributed by atoms with van der Waals surface area (Å²) in [4.78, 5) is 25.6. The van der Waals surface area contributed by atoms with Crippen LogP contribution in [0.15, 0.2) is 24.3 Å². The lowest BCUT2D eigenvalue weighted by molar-refractivity contribution is -0.870. The van der Waals surface area contributed by atoms with Crippen LogP contribution in [0.2, 0.25) is 0 Å². The predicted molar refractivity (Wildman–Crippen MR) is 339 cm³/mol. The number of nitrogens with zero attached hydrogens (tertiary/aromatic N) is 1. The second-order valence-electron chi connectivity index (χ2n) is 25.2. The Bertz CT molecular complexity index is 1320. The molecule has 0 aliphatic carbocycles. The zero-order chi connectivity index (χ0) is 57.0. The Balaban J connectivity index is 3.94. The first kappa shape index (κ1) is 77.0. The van der Waals surface area contributed by atoms with E-state index in [0.29, 0.717) is 17.4 Å². The highest BCUT2D eigenvalue weighted by Crippen LogP contribution is 2.38. The minimum atomic E-state index is -4.60. The van der Waals surface area contributed by atoms with E-state index < -0.39 is 20.0 Å². The summed E-state index contributed by atoms with van der Waals surface area (Å²) in [5.74, 6) is -0.189. The third-order valence-corrected chi connectivity index (χ3v) is 17.1. The number of hydrogen-bond donors (Lipinski definition) is 2. The number of carbonyl (C=O) groups excluding carboxylic acids is 1. The van der Waals surface area contributed by atoms with E-state index in [0.717, 1.165) is 38.5 Å². The molecule has 0 aromatic carbocycles. The molecular weight excluding hydrogens is 984 g/mol. The maximum atomic E-state index is 13.0. The molecule has 0 spiro atoms. The molecule has 8 nitrogen and oxygen atoms in total. The largest absolute Gasteiger partial charge is 0.756 e. The van der Waals surface area contributed by atoms with Crippen molar-refractivity contribution >= 4 is 13.7 Å². The molecule has 464 valence electrons. The fourth-order valence-electron chi connectivity index (χ4n) is 10.7. The van der Waals surface area contributed by atoms with E-state index in [1.54, 1.807) is 6.08 Å². The molecular formula is C69H137N2O6P. The van der Waals surface area contributed by atoms with Gasteiger partial charge in [-0.15, -0.1) is 0 Å². The number of likely N-dealkylation sites (N-methyl/N-ethyl adjacent to an activating group) is 1. The van der Waals surface area contributed by atoms with Gasteiger partial charge in [0.15, 0.2) is 0 Å². The van der Waals surface area contributed by atoms with Crippen molar-refractivity contribution in [3.8, 4) is 0 Å². The quantitative estimate of drug-likeness (QED) is 0.0272. The molecule has 1 amide bonds. The standard InChI is InChI=1S/C69H137N2O6P/c1-6-8-10-12-14-16-18-20-22-24-26-27-28-29-30-31-32-33-34-35-36-37-38-39-40-41-42-43-45-47-49-51-53-55-57-59-61-63-69(73)70-67(66-77-78(74,75)76-65-64-71(3,4)5)68(72)62-60-58-56-54-52-50-48-46-44-25-23-21-19-17-15-13-11-9-7-2/h24,26,60,62,67-68,72H,6-23,25,27-59,61,63-66H2,1-5H3,(H-,70,73,74,75)/b26-24-,62-60+. The molecule has 3 atom stereocenters. The monoisotopic (exact) mass is 1120 g/mol. The van der Waals surface area contributed by atoms with Crippen molar-refractivity contribution in [2.24, 2.45) is 0 Å². The van der Waals surface area contributed by atoms with Gasteiger partial charge < -0.3 is 28.8 Å². The van der Waals surface area contributed by atoms with Crippen LogP contribution in [0.4, 0.5) is 0 Å². The summed E-state index contributed by atoms with van der Waals surface area (Å²) in [6.07, 6.45) is 78.8. The fraction of sp³-hybridized carbons (Fsp3) is 0.928. The molecule has 0 aromatic heterocycles. The van der Waals surface area contributed by atoms with Crippen LogP contribution in [0.5, 0.6) is 0 Å². The van der Waals surface area contributed by atoms with Gasteiger partial charge in [0.25, 0.3) is 7.82 Å². The van der Waals surface area contributed by atoms with Gasteiger partial charge in [0.2, 0.25) is 5.91 Å². The third kappa shape index (κ3) is 62.6. The van der Waals surface area contributed by atoms with Crippen LogP contribution in [-0.4, -0.2) is 68.5 Å². The maximum absolute atomic E-state index is 13.0. The molecule has 0 heterocycles. The molecule has 0 radical (unpaired) electrons. The van der Waals surface area contributed by atoms with E-state index in [2.05, 4.69) is 31.3 Å². The molecule has 2 N–H and O–H groups in total. The number of hydrogen-bond acceptors (Lipinski definition) is 6. The fourth-order valence-corrected chi connectivity index (χ4v) is 11.5. The molecule has 0 fully saturated rings. The Hall–Kier alpha value is -1.02. The lowest BCUT2D eigenvalue weighted by Crippen LogP contribution is -2.45. The van der Waals surface area contributed by atoms with Crippen LogP contribution in [0, 0.1) is 0 Å². The first-order chi connectivity index (χ1) is 38.0. The number of phosphoric ester groups is 1. The summed E-state index contributed by atoms with van der Waals surface area (Å²) in [7, 11) is 1.28. The Morgan fingerprint density at radius 1 is 0.436 bits per heavy atom. The summed E-state index contributed by atoms with van der Waals surface area (Å²) in [5.41, 5.74) is 0. The molecule has 0 bridgehead atoms. The highest BCUT2D eigenvalue weighted by molar-refractivity contribution is 7.45. The second-order valence-corrected chi connectivity index (χ2v) is 26.7. The Kier molecular flexibility index (Phi) is 59.8. The van der Waals surface area contributed by atoms with Gasteiger partial charge in [-0.25, -0.2) is 0 Å². The number of aliphatic hydroxyl groups is 1. The molecule has 0 saturated heterocycles. The smallest absolute Gasteiger partial charge is 0.268 e. The Labute approximate surface area is 487 Å². The number of quaternary nitrogens is 1. The van der Waals surface area contributed by atoms with Gasteiger partial charge in [0.1, 0.15) is 13.2 Å². The zero-order valence-corrected chi connectivity index (χ0v) is 54.0. The normalized spacial score (nSPS) is 13.8. The number of unbranched alkanes of at least 4 members (excludes halogenated alkanes) is 50. The van der Waals surface area contributed by atoms with E-state index in [4.69, 9.17) is 9.05 Å². The predicted octanol–water partition coefficient (Wildman–Crippen LogP) is 21.3. The summed E-state index contributed by atoms with van der Waals surface area (Å²) >= 11 is 0. The first-order valence-electron chi connectivity index (χ1n) is 34.7. The van der Waals surface area contributed by atoms with Crippen molar-refractivity contribution in [1.29, 1.82) is 0 Å². The number of aliphatic hydroxyl groups excluding tert-OH is 1. The molecule has 78 heavy (non-hydrogen) atoms. The number of allylic oxidation sites excluding steroid dienone is 3. The number of phosphoric acid groups is 1. The lowest BCUT2D eigenvalue weighted by atomic mass is 10.0. The number of rotatable bonds is 65. The number of carbonyl (C=O) groups is 1. The SMILES string of the molecule is CCCCCCCCCC/C=C\CCCCCCCCCCCCCCCCCCCCCCCCCCCC(=O)NC(COP(=O)([O-])OCC[N+](C)(C)C)C(O)/C=C/CCCCCCCCCCCCCCCCCCC. The van der Waals surface area contributed by atoms with Crippen LogP contribution < -0.4 is 10.2 Å². The van der Waals surface area contributed by atoms with Crippen LogP contribution in [0.25, 0.3) is 0 Å². The average Bonchev–Trinajstić information content (AvgIpc) is 3.41. The molecule has 0 saturated carbocycles. The van der Waals surface area contributed by atoms with Crippen molar-refractivity contribution in [3.05, 3.63) is 24.3 Å². The van der Waals surface area contributed by atoms with Gasteiger partial charge in [0, 0.05) is 6.42 Å². The van der Waals surface area contributed by atoms with Gasteiger partial charge in [-0.05, 0) is 44.9 Å². The lowest BCUT2D eigenvalue weighted by Gasteiger charge is -2.29. The Morgan fingerprint density at radius 3 is 1.00 bits per heavy atom. The zero-order valence-electron chi connectivity index (χ0n) is 53.2. The van der Waals surface area contributed by atoms with Gasteiger partial charge in [-0.2, -0.15) is 0 Å². The number of nitrogens with one attached hydrogen (secondary N) is 1. The molecule has 0 rings (SSSR count). The molecule has 0 aliphatic rings. The summed E-state index contributed by atoms with van der Waals surface area (Å²) in [6, 6.07) is -0.884. The Morgan fingerprint density at radius 2 is 0.705 bits per heavy atom. The molecule has 3 unspecified atom stereocenters. The maximum Gasteiger partial charge on any atom is 0.268 e. The highest BCUT2D eigenvalue weighted by Gasteiger charge is 2.23. The summed E-state index contributed by atoms with van der Waals surface area (Å²) in [6.45, 7) is 4.71. The van der Waals surface area contributed by atoms with Crippen molar-refractivity contribution in [1.82, 2.24) is 5.32 Å². The first-order valence-corrected chi connectivity index (χ1v) is 36.2. The van der Waals surface area contributed by atoms with Gasteiger partial charge in [-0.1, -0.05) is 334 Å². The van der Waals surface area contributed by atoms with Gasteiger partial charge >= 0.3 is 0 Å². The topological polar surface area (TPSA) is 108 Å². The van der Waals surface area contributed by atoms with Crippen molar-refractivity contribution in [3.63, 3.8) is 0 Å². The number of amides is 1. The van der Waals surface area contributed by atoms with Gasteiger partial charge in [0.05, 0.1) is 39.9 Å². The van der Waals surface area contributed by atoms with Crippen molar-refractivity contribution in [2.75, 3.05) is 40.9 Å². The minimum absolute atomic E-state index is 0.00211. The highest BCUT2D eigenvalue weighted by atomic mass is 31.2. The van der Waals surface area contributed by atoms with Gasteiger partial charge in [-0.3, -0.25) is 9.36 Å². The minimum Gasteiger partial charge on any atom is -0.756 e.